The molecular formula is C13H13N3O5. The molecular weight excluding hydrogens is 278 g/mol. The van der Waals surface area contributed by atoms with Crippen molar-refractivity contribution in [2.75, 3.05) is 6.61 Å². The number of nitrogens with zero attached hydrogens (tertiary/aromatic N) is 1. The zero-order valence-electron chi connectivity index (χ0n) is 11.2. The summed E-state index contributed by atoms with van der Waals surface area (Å²) in [5, 5.41) is 10.4. The zero-order chi connectivity index (χ0) is 15.8. The van der Waals surface area contributed by atoms with Crippen LogP contribution in [0.5, 0.6) is 5.75 Å². The van der Waals surface area contributed by atoms with Gasteiger partial charge < -0.3 is 15.2 Å². The topological polar surface area (TPSA) is 132 Å². The van der Waals surface area contributed by atoms with Crippen molar-refractivity contribution in [3.63, 3.8) is 0 Å². The number of nitriles is 1. The number of amides is 3. The van der Waals surface area contributed by atoms with Gasteiger partial charge >= 0.3 is 12.0 Å². The van der Waals surface area contributed by atoms with E-state index < -0.39 is 30.6 Å². The lowest BCUT2D eigenvalue weighted by Crippen LogP contribution is -2.42. The summed E-state index contributed by atoms with van der Waals surface area (Å²) >= 11 is 0. The number of ether oxygens (including phenoxy) is 2. The highest BCUT2D eigenvalue weighted by Gasteiger charge is 2.19. The molecule has 1 atom stereocenters. The van der Waals surface area contributed by atoms with Crippen molar-refractivity contribution in [1.29, 1.82) is 5.26 Å². The highest BCUT2D eigenvalue weighted by atomic mass is 16.6. The molecule has 0 radical (unpaired) electrons. The van der Waals surface area contributed by atoms with Gasteiger partial charge in [-0.25, -0.2) is 9.59 Å². The molecule has 21 heavy (non-hydrogen) atoms. The molecule has 0 aliphatic carbocycles. The predicted octanol–water partition coefficient (Wildman–Crippen LogP) is 0.0637. The molecule has 0 saturated heterocycles. The standard InChI is InChI=1S/C13H13N3O5/c1-8(12(18)16-13(15)19)21-11(17)7-20-10-4-2-9(6-14)3-5-10/h2-5,8H,7H2,1H3,(H3,15,16,18,19). The van der Waals surface area contributed by atoms with Crippen LogP contribution in [0.3, 0.4) is 0 Å². The smallest absolute Gasteiger partial charge is 0.344 e. The normalized spacial score (nSPS) is 10.9. The quantitative estimate of drug-likeness (QED) is 0.737. The molecule has 0 aromatic heterocycles. The first-order valence-corrected chi connectivity index (χ1v) is 5.85. The van der Waals surface area contributed by atoms with E-state index in [4.69, 9.17) is 20.5 Å². The molecule has 8 nitrogen and oxygen atoms in total. The summed E-state index contributed by atoms with van der Waals surface area (Å²) in [6.45, 7) is 0.873. The van der Waals surface area contributed by atoms with Crippen LogP contribution in [0.1, 0.15) is 12.5 Å². The Morgan fingerprint density at radius 3 is 2.48 bits per heavy atom. The van der Waals surface area contributed by atoms with Crippen LogP contribution in [-0.4, -0.2) is 30.6 Å². The summed E-state index contributed by atoms with van der Waals surface area (Å²) < 4.78 is 9.87. The maximum Gasteiger partial charge on any atom is 0.344 e. The molecule has 3 amide bonds. The minimum absolute atomic E-state index is 0.375. The third kappa shape index (κ3) is 5.61. The zero-order valence-corrected chi connectivity index (χ0v) is 11.2. The number of carbonyl (C=O) groups excluding carboxylic acids is 3. The minimum atomic E-state index is -1.17. The van der Waals surface area contributed by atoms with Crippen LogP contribution >= 0.6 is 0 Å². The Bertz CT molecular complexity index is 576. The second-order valence-electron chi connectivity index (χ2n) is 3.91. The Balaban J connectivity index is 2.41. The molecule has 0 bridgehead atoms. The summed E-state index contributed by atoms with van der Waals surface area (Å²) in [6.07, 6.45) is -1.17. The molecule has 0 aliphatic rings. The number of primary amides is 1. The average Bonchev–Trinajstić information content (AvgIpc) is 2.44. The minimum Gasteiger partial charge on any atom is -0.482 e. The van der Waals surface area contributed by atoms with Gasteiger partial charge in [0.2, 0.25) is 0 Å². The average molecular weight is 291 g/mol. The first-order valence-electron chi connectivity index (χ1n) is 5.85. The van der Waals surface area contributed by atoms with Crippen LogP contribution in [0.15, 0.2) is 24.3 Å². The number of nitrogens with one attached hydrogen (secondary N) is 1. The number of urea groups is 1. The molecule has 1 aromatic carbocycles. The van der Waals surface area contributed by atoms with Gasteiger partial charge in [-0.2, -0.15) is 5.26 Å². The number of nitrogens with two attached hydrogens (primary N) is 1. The summed E-state index contributed by atoms with van der Waals surface area (Å²) in [5.41, 5.74) is 5.22. The first-order chi connectivity index (χ1) is 9.92. The van der Waals surface area contributed by atoms with Gasteiger partial charge in [-0.1, -0.05) is 0 Å². The lowest BCUT2D eigenvalue weighted by atomic mass is 10.2. The fourth-order valence-electron chi connectivity index (χ4n) is 1.28. The first kappa shape index (κ1) is 16.0. The lowest BCUT2D eigenvalue weighted by molar-refractivity contribution is -0.156. The SMILES string of the molecule is CC(OC(=O)COc1ccc(C#N)cc1)C(=O)NC(N)=O. The molecule has 0 saturated carbocycles. The molecule has 0 fully saturated rings. The van der Waals surface area contributed by atoms with Gasteiger partial charge in [-0.3, -0.25) is 10.1 Å². The fourth-order valence-corrected chi connectivity index (χ4v) is 1.28. The van der Waals surface area contributed by atoms with Crippen LogP contribution < -0.4 is 15.8 Å². The van der Waals surface area contributed by atoms with Gasteiger partial charge in [0.25, 0.3) is 5.91 Å². The van der Waals surface area contributed by atoms with Crippen molar-refractivity contribution in [3.8, 4) is 11.8 Å². The highest BCUT2D eigenvalue weighted by Crippen LogP contribution is 2.11. The van der Waals surface area contributed by atoms with E-state index in [2.05, 4.69) is 0 Å². The molecule has 1 aromatic rings. The van der Waals surface area contributed by atoms with Crippen molar-refractivity contribution in [3.05, 3.63) is 29.8 Å². The Kier molecular flexibility index (Phi) is 5.70. The summed E-state index contributed by atoms with van der Waals surface area (Å²) in [5.74, 6) is -1.24. The maximum atomic E-state index is 11.4. The third-order valence-corrected chi connectivity index (χ3v) is 2.26. The van der Waals surface area contributed by atoms with Crippen LogP contribution in [0.2, 0.25) is 0 Å². The summed E-state index contributed by atoms with van der Waals surface area (Å²) in [7, 11) is 0. The maximum absolute atomic E-state index is 11.4. The molecule has 0 spiro atoms. The fraction of sp³-hybridized carbons (Fsp3) is 0.231. The molecule has 110 valence electrons. The molecule has 3 N–H and O–H groups in total. The number of imide groups is 1. The van der Waals surface area contributed by atoms with Crippen LogP contribution in [-0.2, 0) is 14.3 Å². The summed E-state index contributed by atoms with van der Waals surface area (Å²) in [6, 6.07) is 7.02. The lowest BCUT2D eigenvalue weighted by Gasteiger charge is -2.12. The Morgan fingerprint density at radius 2 is 1.95 bits per heavy atom. The van der Waals surface area contributed by atoms with E-state index in [9.17, 15) is 14.4 Å². The second-order valence-corrected chi connectivity index (χ2v) is 3.91. The number of carbonyl (C=O) groups is 3. The highest BCUT2D eigenvalue weighted by molar-refractivity contribution is 5.96. The Hall–Kier alpha value is -3.08. The van der Waals surface area contributed by atoms with Crippen molar-refractivity contribution in [1.82, 2.24) is 5.32 Å². The number of benzene rings is 1. The van der Waals surface area contributed by atoms with Crippen molar-refractivity contribution < 1.29 is 23.9 Å². The largest absolute Gasteiger partial charge is 0.482 e. The monoisotopic (exact) mass is 291 g/mol. The van der Waals surface area contributed by atoms with Gasteiger partial charge in [0.1, 0.15) is 5.75 Å². The molecule has 1 rings (SSSR count). The van der Waals surface area contributed by atoms with Gasteiger partial charge in [-0.05, 0) is 31.2 Å². The van der Waals surface area contributed by atoms with Crippen molar-refractivity contribution in [2.45, 2.75) is 13.0 Å². The van der Waals surface area contributed by atoms with E-state index >= 15 is 0 Å². The number of rotatable bonds is 5. The number of hydrogen-bond donors (Lipinski definition) is 2. The molecule has 1 unspecified atom stereocenters. The van der Waals surface area contributed by atoms with Gasteiger partial charge in [0.15, 0.2) is 12.7 Å². The van der Waals surface area contributed by atoms with Crippen molar-refractivity contribution in [2.24, 2.45) is 5.73 Å². The predicted molar refractivity (Wildman–Crippen MR) is 69.9 cm³/mol. The van der Waals surface area contributed by atoms with E-state index in [-0.39, 0.29) is 0 Å². The third-order valence-electron chi connectivity index (χ3n) is 2.26. The second kappa shape index (κ2) is 7.49. The van der Waals surface area contributed by atoms with Crippen molar-refractivity contribution >= 4 is 17.9 Å². The van der Waals surface area contributed by atoms with Gasteiger partial charge in [0.05, 0.1) is 11.6 Å². The van der Waals surface area contributed by atoms with E-state index in [1.54, 1.807) is 5.32 Å². The number of hydrogen-bond acceptors (Lipinski definition) is 6. The van der Waals surface area contributed by atoms with E-state index in [0.717, 1.165) is 0 Å². The van der Waals surface area contributed by atoms with Crippen LogP contribution in [0.4, 0.5) is 4.79 Å². The van der Waals surface area contributed by atoms with E-state index in [0.29, 0.717) is 11.3 Å². The van der Waals surface area contributed by atoms with Gasteiger partial charge in [0, 0.05) is 0 Å². The van der Waals surface area contributed by atoms with E-state index in [1.165, 1.54) is 31.2 Å². The number of esters is 1. The van der Waals surface area contributed by atoms with Gasteiger partial charge in [-0.15, -0.1) is 0 Å². The Morgan fingerprint density at radius 1 is 1.33 bits per heavy atom. The molecule has 0 aliphatic heterocycles. The molecule has 0 heterocycles. The summed E-state index contributed by atoms with van der Waals surface area (Å²) in [4.78, 5) is 33.2. The van der Waals surface area contributed by atoms with E-state index in [1.807, 2.05) is 6.07 Å². The molecule has 8 heteroatoms. The van der Waals surface area contributed by atoms with Crippen LogP contribution in [0.25, 0.3) is 0 Å². The Labute approximate surface area is 120 Å². The van der Waals surface area contributed by atoms with Crippen LogP contribution in [0, 0.1) is 11.3 Å².